The maximum absolute atomic E-state index is 12.3. The number of nitrogens with zero attached hydrogens (tertiary/aromatic N) is 1. The van der Waals surface area contributed by atoms with E-state index in [1.165, 1.54) is 0 Å². The molecule has 1 saturated heterocycles. The van der Waals surface area contributed by atoms with Crippen molar-refractivity contribution in [3.8, 4) is 0 Å². The van der Waals surface area contributed by atoms with Crippen molar-refractivity contribution in [2.75, 3.05) is 13.1 Å². The van der Waals surface area contributed by atoms with E-state index in [0.29, 0.717) is 13.1 Å². The number of carbonyl (C=O) groups excluding carboxylic acids is 1. The Morgan fingerprint density at radius 1 is 1.19 bits per heavy atom. The zero-order valence-corrected chi connectivity index (χ0v) is 18.9. The summed E-state index contributed by atoms with van der Waals surface area (Å²) in [5.74, 6) is 0. The summed E-state index contributed by atoms with van der Waals surface area (Å²) in [4.78, 5) is 14.1. The summed E-state index contributed by atoms with van der Waals surface area (Å²) in [5, 5.41) is 0. The maximum Gasteiger partial charge on any atom is 0.490 e. The molecular weight excluding hydrogens is 341 g/mol. The van der Waals surface area contributed by atoms with Gasteiger partial charge in [0.2, 0.25) is 0 Å². The van der Waals surface area contributed by atoms with Crippen molar-refractivity contribution in [3.05, 3.63) is 24.2 Å². The van der Waals surface area contributed by atoms with Gasteiger partial charge in [-0.3, -0.25) is 0 Å². The van der Waals surface area contributed by atoms with E-state index in [4.69, 9.17) is 14.0 Å². The summed E-state index contributed by atoms with van der Waals surface area (Å²) in [6, 6.07) is 0. The Hall–Kier alpha value is -1.27. The Balaban J connectivity index is 0.00000114. The van der Waals surface area contributed by atoms with E-state index in [2.05, 4.69) is 54.2 Å². The number of amides is 1. The minimum atomic E-state index is -0.489. The second kappa shape index (κ2) is 8.00. The zero-order valence-electron chi connectivity index (χ0n) is 18.9. The van der Waals surface area contributed by atoms with Crippen molar-refractivity contribution >= 4 is 13.2 Å². The summed E-state index contributed by atoms with van der Waals surface area (Å²) >= 11 is 0. The van der Waals surface area contributed by atoms with Crippen LogP contribution in [-0.2, 0) is 14.0 Å². The normalized spacial score (nSPS) is 23.1. The summed E-state index contributed by atoms with van der Waals surface area (Å²) in [5.41, 5.74) is -0.359. The first-order valence-electron chi connectivity index (χ1n) is 9.67. The SMILES string of the molecule is C=CC.CC(C)(C)OC(=O)N1CC=C(B2OC(C)(C)C(C)(C)O2)C(C)(C)C1. The summed E-state index contributed by atoms with van der Waals surface area (Å²) in [6.07, 6.45) is 3.52. The van der Waals surface area contributed by atoms with Crippen LogP contribution in [0.25, 0.3) is 0 Å². The first kappa shape index (κ1) is 23.8. The van der Waals surface area contributed by atoms with Gasteiger partial charge in [-0.1, -0.05) is 26.0 Å². The molecule has 154 valence electrons. The molecule has 0 atom stereocenters. The average Bonchev–Trinajstić information content (AvgIpc) is 2.64. The molecule has 1 amide bonds. The lowest BCUT2D eigenvalue weighted by Crippen LogP contribution is -2.48. The molecule has 0 unspecified atom stereocenters. The van der Waals surface area contributed by atoms with Gasteiger partial charge in [0.25, 0.3) is 0 Å². The van der Waals surface area contributed by atoms with E-state index in [1.807, 2.05) is 27.7 Å². The van der Waals surface area contributed by atoms with Crippen molar-refractivity contribution in [1.29, 1.82) is 0 Å². The molecule has 0 aromatic heterocycles. The van der Waals surface area contributed by atoms with Crippen LogP contribution < -0.4 is 0 Å². The van der Waals surface area contributed by atoms with Crippen molar-refractivity contribution in [1.82, 2.24) is 4.90 Å². The Morgan fingerprint density at radius 2 is 1.63 bits per heavy atom. The highest BCUT2D eigenvalue weighted by Gasteiger charge is 2.55. The van der Waals surface area contributed by atoms with E-state index in [9.17, 15) is 4.79 Å². The second-order valence-electron chi connectivity index (χ2n) is 9.90. The molecule has 1 fully saturated rings. The van der Waals surface area contributed by atoms with E-state index >= 15 is 0 Å². The summed E-state index contributed by atoms with van der Waals surface area (Å²) in [7, 11) is -0.370. The molecule has 2 rings (SSSR count). The number of hydrogen-bond donors (Lipinski definition) is 0. The predicted octanol–water partition coefficient (Wildman–Crippen LogP) is 5.01. The highest BCUT2D eigenvalue weighted by molar-refractivity contribution is 6.55. The molecule has 0 aromatic rings. The van der Waals surface area contributed by atoms with E-state index in [0.717, 1.165) is 5.47 Å². The van der Waals surface area contributed by atoms with Crippen LogP contribution in [0.4, 0.5) is 4.79 Å². The zero-order chi connectivity index (χ0) is 21.3. The van der Waals surface area contributed by atoms with Crippen LogP contribution in [0.1, 0.15) is 69.2 Å². The van der Waals surface area contributed by atoms with Gasteiger partial charge in [0.15, 0.2) is 0 Å². The highest BCUT2D eigenvalue weighted by atomic mass is 16.7. The third-order valence-corrected chi connectivity index (χ3v) is 5.06. The highest BCUT2D eigenvalue weighted by Crippen LogP contribution is 2.43. The van der Waals surface area contributed by atoms with Gasteiger partial charge in [-0.15, -0.1) is 6.58 Å². The number of rotatable bonds is 1. The van der Waals surface area contributed by atoms with Crippen LogP contribution in [0, 0.1) is 5.41 Å². The minimum absolute atomic E-state index is 0.240. The first-order valence-corrected chi connectivity index (χ1v) is 9.67. The Bertz CT molecular complexity index is 571. The van der Waals surface area contributed by atoms with E-state index in [1.54, 1.807) is 11.0 Å². The maximum atomic E-state index is 12.3. The van der Waals surface area contributed by atoms with E-state index < -0.39 is 5.60 Å². The fraction of sp³-hybridized carbons (Fsp3) is 0.762. The molecule has 0 radical (unpaired) electrons. The molecule has 0 N–H and O–H groups in total. The minimum Gasteiger partial charge on any atom is -0.444 e. The predicted molar refractivity (Wildman–Crippen MR) is 112 cm³/mol. The smallest absolute Gasteiger partial charge is 0.444 e. The first-order chi connectivity index (χ1) is 12.1. The molecule has 0 bridgehead atoms. The van der Waals surface area contributed by atoms with Crippen LogP contribution in [0.2, 0.25) is 0 Å². The van der Waals surface area contributed by atoms with E-state index in [-0.39, 0.29) is 29.8 Å². The molecule has 0 aliphatic carbocycles. The molecule has 6 heteroatoms. The van der Waals surface area contributed by atoms with Gasteiger partial charge >= 0.3 is 13.2 Å². The summed E-state index contributed by atoms with van der Waals surface area (Å²) in [6.45, 7) is 24.4. The third-order valence-electron chi connectivity index (χ3n) is 5.06. The number of carbonyl (C=O) groups is 1. The average molecular weight is 379 g/mol. The molecule has 27 heavy (non-hydrogen) atoms. The second-order valence-corrected chi connectivity index (χ2v) is 9.90. The lowest BCUT2D eigenvalue weighted by Gasteiger charge is -2.39. The Labute approximate surface area is 166 Å². The van der Waals surface area contributed by atoms with Gasteiger partial charge in [-0.25, -0.2) is 4.79 Å². The van der Waals surface area contributed by atoms with Crippen molar-refractivity contribution in [2.24, 2.45) is 5.41 Å². The van der Waals surface area contributed by atoms with Gasteiger partial charge in [0.1, 0.15) is 5.60 Å². The summed E-state index contributed by atoms with van der Waals surface area (Å²) < 4.78 is 17.9. The monoisotopic (exact) mass is 379 g/mol. The van der Waals surface area contributed by atoms with Gasteiger partial charge in [0, 0.05) is 18.5 Å². The van der Waals surface area contributed by atoms with Crippen molar-refractivity contribution in [2.45, 2.75) is 86.0 Å². The van der Waals surface area contributed by atoms with Gasteiger partial charge in [-0.2, -0.15) is 0 Å². The molecule has 2 aliphatic rings. The molecule has 0 saturated carbocycles. The van der Waals surface area contributed by atoms with Crippen LogP contribution in [0.15, 0.2) is 24.2 Å². The number of allylic oxidation sites excluding steroid dienone is 1. The fourth-order valence-electron chi connectivity index (χ4n) is 2.97. The van der Waals surface area contributed by atoms with Crippen molar-refractivity contribution < 1.29 is 18.8 Å². The molecular formula is C21H38BNO4. The van der Waals surface area contributed by atoms with Crippen molar-refractivity contribution in [3.63, 3.8) is 0 Å². The quantitative estimate of drug-likeness (QED) is 0.474. The topological polar surface area (TPSA) is 48.0 Å². The van der Waals surface area contributed by atoms with Crippen LogP contribution >= 0.6 is 0 Å². The third kappa shape index (κ3) is 5.85. The van der Waals surface area contributed by atoms with Gasteiger partial charge in [0.05, 0.1) is 11.2 Å². The van der Waals surface area contributed by atoms with Crippen LogP contribution in [-0.4, -0.2) is 48.0 Å². The fourth-order valence-corrected chi connectivity index (χ4v) is 2.97. The largest absolute Gasteiger partial charge is 0.490 e. The van der Waals surface area contributed by atoms with Crippen LogP contribution in [0.5, 0.6) is 0 Å². The van der Waals surface area contributed by atoms with Gasteiger partial charge < -0.3 is 18.9 Å². The lowest BCUT2D eigenvalue weighted by molar-refractivity contribution is 0.00578. The number of hydrogen-bond acceptors (Lipinski definition) is 4. The molecule has 5 nitrogen and oxygen atoms in total. The Morgan fingerprint density at radius 3 is 2.00 bits per heavy atom. The molecule has 0 spiro atoms. The standard InChI is InChI=1S/C18H32BNO4.C3H6/c1-15(2,3)22-14(21)20-11-10-13(16(4,5)12-20)19-23-17(6,7)18(8,9)24-19;1-3-2/h10H,11-12H2,1-9H3;3H,1H2,2H3. The number of ether oxygens (including phenoxy) is 1. The van der Waals surface area contributed by atoms with Crippen LogP contribution in [0.3, 0.4) is 0 Å². The Kier molecular flexibility index (Phi) is 7.04. The van der Waals surface area contributed by atoms with Gasteiger partial charge in [-0.05, 0) is 60.9 Å². The lowest BCUT2D eigenvalue weighted by atomic mass is 9.62. The molecule has 0 aromatic carbocycles. The molecule has 2 heterocycles. The molecule has 2 aliphatic heterocycles.